The van der Waals surface area contributed by atoms with Crippen LogP contribution in [0.1, 0.15) is 6.42 Å². The molecule has 3 rings (SSSR count). The predicted octanol–water partition coefficient (Wildman–Crippen LogP) is 0.833. The molecule has 0 saturated carbocycles. The van der Waals surface area contributed by atoms with E-state index in [4.69, 9.17) is 9.15 Å². The van der Waals surface area contributed by atoms with E-state index in [9.17, 15) is 9.90 Å². The van der Waals surface area contributed by atoms with Crippen LogP contribution in [0.5, 0.6) is 0 Å². The van der Waals surface area contributed by atoms with E-state index in [0.717, 1.165) is 5.56 Å². The molecule has 2 aromatic rings. The minimum atomic E-state index is -0.622. The highest BCUT2D eigenvalue weighted by atomic mass is 32.2. The number of β-amino-alcohol motifs (C(OH)–C–C–N with tert-alkyl or cyclic N) is 1. The number of aliphatic hydroxyl groups is 1. The molecule has 2 aromatic heterocycles. The van der Waals surface area contributed by atoms with Crippen molar-refractivity contribution in [3.63, 3.8) is 0 Å². The molecule has 0 aliphatic carbocycles. The number of aliphatic hydroxyl groups excluding tert-OH is 1. The van der Waals surface area contributed by atoms with Crippen LogP contribution in [0.25, 0.3) is 11.5 Å². The summed E-state index contributed by atoms with van der Waals surface area (Å²) in [5.74, 6) is 0.949. The van der Waals surface area contributed by atoms with Crippen LogP contribution >= 0.6 is 11.8 Å². The fraction of sp³-hybridized carbons (Fsp3) is 0.467. The number of aromatic nitrogens is 3. The molecule has 0 unspecified atom stereocenters. The van der Waals surface area contributed by atoms with Crippen molar-refractivity contribution in [3.05, 3.63) is 24.5 Å². The highest BCUT2D eigenvalue weighted by Crippen LogP contribution is 2.23. The van der Waals surface area contributed by atoms with Crippen molar-refractivity contribution in [2.45, 2.75) is 17.7 Å². The number of pyridine rings is 1. The number of nitrogens with zero attached hydrogens (tertiary/aromatic N) is 4. The summed E-state index contributed by atoms with van der Waals surface area (Å²) >= 11 is 1.34. The zero-order valence-corrected chi connectivity index (χ0v) is 13.8. The van der Waals surface area contributed by atoms with Crippen LogP contribution in [0, 0.1) is 0 Å². The number of amides is 1. The molecule has 9 heteroatoms. The molecule has 0 bridgehead atoms. The van der Waals surface area contributed by atoms with Crippen LogP contribution in [0.2, 0.25) is 0 Å². The van der Waals surface area contributed by atoms with Gasteiger partial charge in [-0.2, -0.15) is 0 Å². The fourth-order valence-electron chi connectivity index (χ4n) is 2.28. The van der Waals surface area contributed by atoms with Gasteiger partial charge in [0.15, 0.2) is 0 Å². The number of thioether (sulfide) groups is 1. The summed E-state index contributed by atoms with van der Waals surface area (Å²) in [7, 11) is 0. The van der Waals surface area contributed by atoms with Gasteiger partial charge >= 0.3 is 0 Å². The molecule has 1 aliphatic heterocycles. The van der Waals surface area contributed by atoms with Crippen LogP contribution in [-0.2, 0) is 9.53 Å². The first-order chi connectivity index (χ1) is 11.7. The smallest absolute Gasteiger partial charge is 0.276 e. The first-order valence-electron chi connectivity index (χ1n) is 7.62. The van der Waals surface area contributed by atoms with Gasteiger partial charge in [0.1, 0.15) is 0 Å². The van der Waals surface area contributed by atoms with Gasteiger partial charge in [-0.25, -0.2) is 0 Å². The highest BCUT2D eigenvalue weighted by molar-refractivity contribution is 7.99. The first-order valence-corrected chi connectivity index (χ1v) is 8.61. The van der Waals surface area contributed by atoms with E-state index >= 15 is 0 Å². The molecular weight excluding hydrogens is 332 g/mol. The van der Waals surface area contributed by atoms with E-state index in [1.807, 2.05) is 0 Å². The Labute approximate surface area is 143 Å². The van der Waals surface area contributed by atoms with Crippen LogP contribution in [0.15, 0.2) is 34.2 Å². The van der Waals surface area contributed by atoms with Gasteiger partial charge < -0.3 is 19.2 Å². The van der Waals surface area contributed by atoms with E-state index in [1.54, 1.807) is 29.4 Å². The van der Waals surface area contributed by atoms with Gasteiger partial charge in [-0.1, -0.05) is 11.8 Å². The van der Waals surface area contributed by atoms with E-state index in [0.29, 0.717) is 43.0 Å². The number of carbonyl (C=O) groups is 1. The number of ether oxygens (including phenoxy) is 1. The second kappa shape index (κ2) is 8.22. The summed E-state index contributed by atoms with van der Waals surface area (Å²) < 4.78 is 10.8. The Morgan fingerprint density at radius 1 is 1.38 bits per heavy atom. The third kappa shape index (κ3) is 4.53. The van der Waals surface area contributed by atoms with Gasteiger partial charge in [-0.15, -0.1) is 10.2 Å². The lowest BCUT2D eigenvalue weighted by atomic mass is 10.3. The normalized spacial score (nSPS) is 18.4. The predicted molar refractivity (Wildman–Crippen MR) is 86.3 cm³/mol. The monoisotopic (exact) mass is 350 g/mol. The Kier molecular flexibility index (Phi) is 5.78. The van der Waals surface area contributed by atoms with Gasteiger partial charge in [0.25, 0.3) is 5.22 Å². The maximum Gasteiger partial charge on any atom is 0.276 e. The van der Waals surface area contributed by atoms with Gasteiger partial charge in [0, 0.05) is 43.2 Å². The maximum absolute atomic E-state index is 12.2. The third-order valence-corrected chi connectivity index (χ3v) is 4.29. The standard InChI is InChI=1S/C15H18N4O4S/c20-12-9-19(6-7-22-10-12)13(21)3-8-24-15-18-17-14(23-15)11-1-4-16-5-2-11/h1-2,4-5,12,20H,3,6-10H2/t12-/m1/s1. The molecule has 0 radical (unpaired) electrons. The van der Waals surface area contributed by atoms with Crippen molar-refractivity contribution in [3.8, 4) is 11.5 Å². The Hall–Kier alpha value is -1.97. The zero-order chi connectivity index (χ0) is 16.8. The molecule has 8 nitrogen and oxygen atoms in total. The minimum Gasteiger partial charge on any atom is -0.411 e. The molecular formula is C15H18N4O4S. The Morgan fingerprint density at radius 3 is 3.04 bits per heavy atom. The molecule has 1 atom stereocenters. The Morgan fingerprint density at radius 2 is 2.21 bits per heavy atom. The molecule has 24 heavy (non-hydrogen) atoms. The average Bonchev–Trinajstić information content (AvgIpc) is 2.96. The summed E-state index contributed by atoms with van der Waals surface area (Å²) in [6, 6.07) is 3.58. The number of rotatable bonds is 5. The van der Waals surface area contributed by atoms with E-state index in [1.165, 1.54) is 11.8 Å². The summed E-state index contributed by atoms with van der Waals surface area (Å²) in [4.78, 5) is 17.8. The number of hydrogen-bond donors (Lipinski definition) is 1. The molecule has 0 spiro atoms. The summed E-state index contributed by atoms with van der Waals surface area (Å²) in [6.07, 6.45) is 3.03. The summed E-state index contributed by atoms with van der Waals surface area (Å²) in [6.45, 7) is 1.55. The summed E-state index contributed by atoms with van der Waals surface area (Å²) in [5, 5.41) is 18.0. The van der Waals surface area contributed by atoms with Gasteiger partial charge in [0.05, 0.1) is 19.3 Å². The summed E-state index contributed by atoms with van der Waals surface area (Å²) in [5.41, 5.74) is 0.805. The van der Waals surface area contributed by atoms with Crippen LogP contribution in [0.4, 0.5) is 0 Å². The van der Waals surface area contributed by atoms with Crippen LogP contribution in [0.3, 0.4) is 0 Å². The molecule has 1 N–H and O–H groups in total. The van der Waals surface area contributed by atoms with Crippen molar-refractivity contribution < 1.29 is 19.1 Å². The van der Waals surface area contributed by atoms with E-state index < -0.39 is 6.10 Å². The molecule has 1 amide bonds. The van der Waals surface area contributed by atoms with E-state index in [-0.39, 0.29) is 12.5 Å². The zero-order valence-electron chi connectivity index (χ0n) is 13.0. The van der Waals surface area contributed by atoms with Gasteiger partial charge in [-0.3, -0.25) is 9.78 Å². The lowest BCUT2D eigenvalue weighted by Crippen LogP contribution is -2.37. The maximum atomic E-state index is 12.2. The second-order valence-electron chi connectivity index (χ2n) is 5.28. The van der Waals surface area contributed by atoms with E-state index in [2.05, 4.69) is 15.2 Å². The lowest BCUT2D eigenvalue weighted by molar-refractivity contribution is -0.131. The first kappa shape index (κ1) is 16.9. The van der Waals surface area contributed by atoms with Crippen LogP contribution in [-0.4, -0.2) is 69.3 Å². The minimum absolute atomic E-state index is 0.0130. The second-order valence-corrected chi connectivity index (χ2v) is 6.32. The largest absolute Gasteiger partial charge is 0.411 e. The molecule has 1 saturated heterocycles. The fourth-order valence-corrected chi connectivity index (χ4v) is 2.97. The average molecular weight is 350 g/mol. The number of hydrogen-bond acceptors (Lipinski definition) is 8. The third-order valence-electron chi connectivity index (χ3n) is 3.47. The highest BCUT2D eigenvalue weighted by Gasteiger charge is 2.20. The van der Waals surface area contributed by atoms with Crippen molar-refractivity contribution in [2.24, 2.45) is 0 Å². The topological polar surface area (TPSA) is 102 Å². The van der Waals surface area contributed by atoms with Crippen molar-refractivity contribution >= 4 is 17.7 Å². The van der Waals surface area contributed by atoms with Crippen molar-refractivity contribution in [1.29, 1.82) is 0 Å². The molecule has 128 valence electrons. The van der Waals surface area contributed by atoms with Crippen molar-refractivity contribution in [1.82, 2.24) is 20.1 Å². The number of carbonyl (C=O) groups excluding carboxylic acids is 1. The Bertz CT molecular complexity index is 667. The molecule has 0 aromatic carbocycles. The SMILES string of the molecule is O=C(CCSc1nnc(-c2ccncc2)o1)N1CCOC[C@H](O)C1. The molecule has 1 fully saturated rings. The molecule has 3 heterocycles. The quantitative estimate of drug-likeness (QED) is 0.792. The molecule has 1 aliphatic rings. The van der Waals surface area contributed by atoms with Gasteiger partial charge in [-0.05, 0) is 12.1 Å². The van der Waals surface area contributed by atoms with Crippen molar-refractivity contribution in [2.75, 3.05) is 32.1 Å². The van der Waals surface area contributed by atoms with Gasteiger partial charge in [0.2, 0.25) is 11.8 Å². The Balaban J connectivity index is 1.48. The van der Waals surface area contributed by atoms with Crippen LogP contribution < -0.4 is 0 Å². The lowest BCUT2D eigenvalue weighted by Gasteiger charge is -2.21.